The minimum atomic E-state index is -0.764. The fraction of sp³-hybridized carbons (Fsp3) is 0.286. The Bertz CT molecular complexity index is 148. The van der Waals surface area contributed by atoms with Gasteiger partial charge in [-0.15, -0.1) is 6.42 Å². The van der Waals surface area contributed by atoms with Crippen molar-refractivity contribution in [3.05, 3.63) is 12.7 Å². The van der Waals surface area contributed by atoms with Crippen molar-refractivity contribution in [2.45, 2.75) is 0 Å². The molecule has 0 atom stereocenters. The molecule has 0 bridgehead atoms. The molecule has 3 N–H and O–H groups in total. The highest BCUT2D eigenvalue weighted by Gasteiger charge is 1.84. The van der Waals surface area contributed by atoms with Gasteiger partial charge in [0.15, 0.2) is 0 Å². The zero-order valence-electron chi connectivity index (χ0n) is 6.12. The molecule has 0 radical (unpaired) electrons. The monoisotopic (exact) mass is 157 g/mol. The molecule has 0 heterocycles. The predicted octanol–water partition coefficient (Wildman–Crippen LogP) is -0.120. The van der Waals surface area contributed by atoms with Crippen molar-refractivity contribution in [1.82, 2.24) is 0 Å². The maximum absolute atomic E-state index is 9.71. The van der Waals surface area contributed by atoms with Gasteiger partial charge in [0.25, 0.3) is 0 Å². The highest BCUT2D eigenvalue weighted by atomic mass is 16.5. The molecule has 0 saturated carbocycles. The van der Waals surface area contributed by atoms with Crippen molar-refractivity contribution < 1.29 is 14.6 Å². The number of terminal acetylenes is 1. The number of primary amides is 1. The first-order valence-electron chi connectivity index (χ1n) is 2.76. The number of nitrogens with two attached hydrogens (primary N) is 1. The van der Waals surface area contributed by atoms with Crippen LogP contribution in [0, 0.1) is 12.3 Å². The number of aliphatic hydroxyl groups is 1. The number of carbonyl (C=O) groups excluding carboxylic acids is 1. The Morgan fingerprint density at radius 2 is 2.36 bits per heavy atom. The van der Waals surface area contributed by atoms with Gasteiger partial charge in [-0.25, -0.2) is 4.79 Å². The summed E-state index contributed by atoms with van der Waals surface area (Å²) in [5, 5.41) is 7.64. The minimum Gasteiger partial charge on any atom is -0.445 e. The summed E-state index contributed by atoms with van der Waals surface area (Å²) in [6, 6.07) is 0. The molecular formula is C7H11NO3. The summed E-state index contributed by atoms with van der Waals surface area (Å²) in [6.07, 6.45) is 5.21. The number of aliphatic hydroxyl groups excluding tert-OH is 1. The Morgan fingerprint density at radius 3 is 2.45 bits per heavy atom. The van der Waals surface area contributed by atoms with E-state index >= 15 is 0 Å². The molecule has 62 valence electrons. The first-order chi connectivity index (χ1) is 5.18. The number of carbonyl (C=O) groups is 1. The third-order valence-electron chi connectivity index (χ3n) is 0.435. The third kappa shape index (κ3) is 29.2. The lowest BCUT2D eigenvalue weighted by atomic mass is 10.7. The van der Waals surface area contributed by atoms with Crippen molar-refractivity contribution in [2.24, 2.45) is 5.73 Å². The first kappa shape index (κ1) is 12.2. The van der Waals surface area contributed by atoms with Crippen LogP contribution in [0.5, 0.6) is 0 Å². The van der Waals surface area contributed by atoms with Gasteiger partial charge in [-0.05, 0) is 0 Å². The fourth-order valence-corrected chi connectivity index (χ4v) is 0.141. The van der Waals surface area contributed by atoms with Crippen LogP contribution >= 0.6 is 0 Å². The number of hydrogen-bond donors (Lipinski definition) is 2. The van der Waals surface area contributed by atoms with Crippen LogP contribution in [-0.2, 0) is 4.74 Å². The molecule has 0 fully saturated rings. The van der Waals surface area contributed by atoms with Crippen LogP contribution < -0.4 is 5.73 Å². The summed E-state index contributed by atoms with van der Waals surface area (Å²) in [6.45, 7) is 3.34. The zero-order valence-corrected chi connectivity index (χ0v) is 6.12. The molecule has 0 aromatic carbocycles. The maximum Gasteiger partial charge on any atom is 0.404 e. The van der Waals surface area contributed by atoms with E-state index in [1.165, 1.54) is 6.08 Å². The van der Waals surface area contributed by atoms with Crippen LogP contribution in [0.1, 0.15) is 0 Å². The van der Waals surface area contributed by atoms with Crippen LogP contribution in [-0.4, -0.2) is 24.4 Å². The molecule has 0 saturated heterocycles. The summed E-state index contributed by atoms with van der Waals surface area (Å²) in [5.74, 6) is 1.99. The number of rotatable bonds is 2. The minimum absolute atomic E-state index is 0.153. The number of hydrogen-bond acceptors (Lipinski definition) is 3. The molecule has 0 aliphatic rings. The number of ether oxygens (including phenoxy) is 1. The molecule has 4 heteroatoms. The van der Waals surface area contributed by atoms with E-state index in [1.54, 1.807) is 0 Å². The van der Waals surface area contributed by atoms with Gasteiger partial charge in [0.2, 0.25) is 0 Å². The molecule has 0 spiro atoms. The molecular weight excluding hydrogens is 146 g/mol. The summed E-state index contributed by atoms with van der Waals surface area (Å²) in [7, 11) is 0. The van der Waals surface area contributed by atoms with Crippen molar-refractivity contribution >= 4 is 6.09 Å². The maximum atomic E-state index is 9.71. The first-order valence-corrected chi connectivity index (χ1v) is 2.76. The molecule has 1 amide bonds. The SMILES string of the molecule is C#CCO.C=CCOC(N)=O. The van der Waals surface area contributed by atoms with Gasteiger partial charge in [-0.3, -0.25) is 0 Å². The van der Waals surface area contributed by atoms with Gasteiger partial charge in [-0.1, -0.05) is 18.6 Å². The average molecular weight is 157 g/mol. The van der Waals surface area contributed by atoms with Crippen molar-refractivity contribution in [3.63, 3.8) is 0 Å². The third-order valence-corrected chi connectivity index (χ3v) is 0.435. The lowest BCUT2D eigenvalue weighted by Crippen LogP contribution is -2.12. The Kier molecular flexibility index (Phi) is 12.6. The summed E-state index contributed by atoms with van der Waals surface area (Å²) in [5.41, 5.74) is 4.57. The lowest BCUT2D eigenvalue weighted by molar-refractivity contribution is 0.169. The standard InChI is InChI=1S/C4H7NO2.C3H4O/c1-2-3-7-4(5)6;1-2-3-4/h2H,1,3H2,(H2,5,6);1,4H,3H2. The van der Waals surface area contributed by atoms with Crippen LogP contribution in [0.3, 0.4) is 0 Å². The number of amides is 1. The lowest BCUT2D eigenvalue weighted by Gasteiger charge is -1.90. The molecule has 0 unspecified atom stereocenters. The van der Waals surface area contributed by atoms with E-state index < -0.39 is 6.09 Å². The van der Waals surface area contributed by atoms with Crippen LogP contribution in [0.25, 0.3) is 0 Å². The molecule has 0 aromatic rings. The van der Waals surface area contributed by atoms with Gasteiger partial charge in [0, 0.05) is 0 Å². The Morgan fingerprint density at radius 1 is 1.91 bits per heavy atom. The smallest absolute Gasteiger partial charge is 0.404 e. The molecule has 11 heavy (non-hydrogen) atoms. The molecule has 0 rings (SSSR count). The van der Waals surface area contributed by atoms with Gasteiger partial charge >= 0.3 is 6.09 Å². The molecule has 0 aliphatic heterocycles. The van der Waals surface area contributed by atoms with E-state index in [-0.39, 0.29) is 13.2 Å². The van der Waals surface area contributed by atoms with Gasteiger partial charge in [0.05, 0.1) is 0 Å². The molecule has 0 aliphatic carbocycles. The summed E-state index contributed by atoms with van der Waals surface area (Å²) >= 11 is 0. The van der Waals surface area contributed by atoms with Crippen LogP contribution in [0.4, 0.5) is 4.79 Å². The van der Waals surface area contributed by atoms with Crippen molar-refractivity contribution in [3.8, 4) is 12.3 Å². The largest absolute Gasteiger partial charge is 0.445 e. The second-order valence-corrected chi connectivity index (χ2v) is 1.28. The van der Waals surface area contributed by atoms with Crippen LogP contribution in [0.15, 0.2) is 12.7 Å². The Labute approximate surface area is 65.7 Å². The second kappa shape index (κ2) is 11.3. The van der Waals surface area contributed by atoms with Gasteiger partial charge in [0.1, 0.15) is 13.2 Å². The van der Waals surface area contributed by atoms with E-state index in [0.717, 1.165) is 0 Å². The Balaban J connectivity index is 0. The normalized spacial score (nSPS) is 6.55. The Hall–Kier alpha value is -1.47. The predicted molar refractivity (Wildman–Crippen MR) is 41.7 cm³/mol. The quantitative estimate of drug-likeness (QED) is 0.433. The van der Waals surface area contributed by atoms with Crippen molar-refractivity contribution in [2.75, 3.05) is 13.2 Å². The zero-order chi connectivity index (χ0) is 9.11. The summed E-state index contributed by atoms with van der Waals surface area (Å²) < 4.78 is 4.21. The molecule has 4 nitrogen and oxygen atoms in total. The second-order valence-electron chi connectivity index (χ2n) is 1.28. The van der Waals surface area contributed by atoms with E-state index in [0.29, 0.717) is 0 Å². The van der Waals surface area contributed by atoms with Gasteiger partial charge in [-0.2, -0.15) is 0 Å². The fourth-order valence-electron chi connectivity index (χ4n) is 0.141. The highest BCUT2D eigenvalue weighted by Crippen LogP contribution is 1.70. The van der Waals surface area contributed by atoms with E-state index in [1.807, 2.05) is 5.92 Å². The van der Waals surface area contributed by atoms with E-state index in [9.17, 15) is 4.79 Å². The van der Waals surface area contributed by atoms with E-state index in [4.69, 9.17) is 5.11 Å². The van der Waals surface area contributed by atoms with Gasteiger partial charge < -0.3 is 15.6 Å². The van der Waals surface area contributed by atoms with Crippen molar-refractivity contribution in [1.29, 1.82) is 0 Å². The van der Waals surface area contributed by atoms with E-state index in [2.05, 4.69) is 23.5 Å². The molecule has 0 aromatic heterocycles. The topological polar surface area (TPSA) is 72.6 Å². The van der Waals surface area contributed by atoms with Crippen LogP contribution in [0.2, 0.25) is 0 Å². The summed E-state index contributed by atoms with van der Waals surface area (Å²) in [4.78, 5) is 9.71. The highest BCUT2D eigenvalue weighted by molar-refractivity contribution is 5.64. The average Bonchev–Trinajstić information content (AvgIpc) is 2.01.